The molecule has 0 aliphatic carbocycles. The maximum absolute atomic E-state index is 13.3. The Bertz CT molecular complexity index is 393. The van der Waals surface area contributed by atoms with Gasteiger partial charge in [-0.05, 0) is 18.4 Å². The van der Waals surface area contributed by atoms with E-state index in [9.17, 15) is 9.18 Å². The lowest BCUT2D eigenvalue weighted by Gasteiger charge is -2.15. The number of benzene rings is 1. The van der Waals surface area contributed by atoms with Crippen LogP contribution in [0.15, 0.2) is 24.3 Å². The second-order valence-electron chi connectivity index (χ2n) is 4.89. The van der Waals surface area contributed by atoms with Gasteiger partial charge in [0, 0.05) is 18.7 Å². The molecule has 0 bridgehead atoms. The molecule has 1 aromatic rings. The van der Waals surface area contributed by atoms with Gasteiger partial charge >= 0.3 is 5.97 Å². The molecule has 0 aliphatic rings. The summed E-state index contributed by atoms with van der Waals surface area (Å²) in [5, 5.41) is 12.1. The number of rotatable bonds is 7. The van der Waals surface area contributed by atoms with Crippen LogP contribution >= 0.6 is 0 Å². The lowest BCUT2D eigenvalue weighted by atomic mass is 9.97. The quantitative estimate of drug-likeness (QED) is 0.785. The second-order valence-corrected chi connectivity index (χ2v) is 4.89. The first-order chi connectivity index (χ1) is 8.50. The number of carbonyl (C=O) groups is 1. The third-order valence-electron chi connectivity index (χ3n) is 2.77. The average Bonchev–Trinajstić information content (AvgIpc) is 2.29. The molecule has 1 aromatic carbocycles. The van der Waals surface area contributed by atoms with Crippen LogP contribution in [0.5, 0.6) is 0 Å². The topological polar surface area (TPSA) is 49.3 Å². The Hall–Kier alpha value is -1.42. The van der Waals surface area contributed by atoms with Crippen molar-refractivity contribution in [2.24, 2.45) is 11.8 Å². The van der Waals surface area contributed by atoms with E-state index in [0.717, 1.165) is 0 Å². The third-order valence-corrected chi connectivity index (χ3v) is 2.77. The number of nitrogens with one attached hydrogen (secondary N) is 1. The summed E-state index contributed by atoms with van der Waals surface area (Å²) < 4.78 is 13.3. The van der Waals surface area contributed by atoms with E-state index in [2.05, 4.69) is 5.32 Å². The molecule has 0 aromatic heterocycles. The van der Waals surface area contributed by atoms with Crippen LogP contribution in [0.3, 0.4) is 0 Å². The normalized spacial score (nSPS) is 12.7. The Balaban J connectivity index is 2.44. The van der Waals surface area contributed by atoms with E-state index in [1.807, 2.05) is 13.8 Å². The largest absolute Gasteiger partial charge is 0.481 e. The van der Waals surface area contributed by atoms with Gasteiger partial charge in [0.05, 0.1) is 5.92 Å². The summed E-state index contributed by atoms with van der Waals surface area (Å²) in [5.74, 6) is -1.15. The van der Waals surface area contributed by atoms with Crippen molar-refractivity contribution in [1.82, 2.24) is 5.32 Å². The van der Waals surface area contributed by atoms with Crippen LogP contribution in [0.2, 0.25) is 0 Å². The second kappa shape index (κ2) is 7.11. The fraction of sp³-hybridized carbons (Fsp3) is 0.500. The third kappa shape index (κ3) is 4.84. The standard InChI is InChI=1S/C14H20FNO2/c1-10(2)7-12(14(17)18)9-16-8-11-5-3-4-6-13(11)15/h3-6,10,12,16H,7-9H2,1-2H3,(H,17,18). The van der Waals surface area contributed by atoms with Crippen LogP contribution in [0.1, 0.15) is 25.8 Å². The molecule has 0 fully saturated rings. The zero-order valence-electron chi connectivity index (χ0n) is 10.8. The summed E-state index contributed by atoms with van der Waals surface area (Å²) in [5.41, 5.74) is 0.561. The molecule has 4 heteroatoms. The molecular formula is C14H20FNO2. The summed E-state index contributed by atoms with van der Waals surface area (Å²) in [6.07, 6.45) is 0.625. The zero-order chi connectivity index (χ0) is 13.5. The molecule has 0 radical (unpaired) electrons. The van der Waals surface area contributed by atoms with Crippen molar-refractivity contribution in [1.29, 1.82) is 0 Å². The van der Waals surface area contributed by atoms with Crippen molar-refractivity contribution in [2.45, 2.75) is 26.8 Å². The molecule has 0 spiro atoms. The van der Waals surface area contributed by atoms with Gasteiger partial charge < -0.3 is 10.4 Å². The highest BCUT2D eigenvalue weighted by Gasteiger charge is 2.18. The summed E-state index contributed by atoms with van der Waals surface area (Å²) in [7, 11) is 0. The number of carboxylic acids is 1. The number of carboxylic acid groups (broad SMARTS) is 1. The first-order valence-electron chi connectivity index (χ1n) is 6.17. The minimum atomic E-state index is -0.801. The highest BCUT2D eigenvalue weighted by molar-refractivity contribution is 5.70. The molecule has 1 atom stereocenters. The van der Waals surface area contributed by atoms with Gasteiger partial charge in [-0.25, -0.2) is 4.39 Å². The number of halogens is 1. The Labute approximate surface area is 107 Å². The molecule has 18 heavy (non-hydrogen) atoms. The van der Waals surface area contributed by atoms with Crippen molar-refractivity contribution in [3.63, 3.8) is 0 Å². The van der Waals surface area contributed by atoms with Gasteiger partial charge in [0.15, 0.2) is 0 Å². The van der Waals surface area contributed by atoms with E-state index in [1.165, 1.54) is 6.07 Å². The van der Waals surface area contributed by atoms with Gasteiger partial charge in [-0.3, -0.25) is 4.79 Å². The molecule has 2 N–H and O–H groups in total. The average molecular weight is 253 g/mol. The van der Waals surface area contributed by atoms with Gasteiger partial charge in [0.25, 0.3) is 0 Å². The van der Waals surface area contributed by atoms with Crippen LogP contribution in [0.4, 0.5) is 4.39 Å². The Morgan fingerprint density at radius 1 is 1.39 bits per heavy atom. The molecule has 1 rings (SSSR count). The van der Waals surface area contributed by atoms with Gasteiger partial charge in [0.1, 0.15) is 5.82 Å². The van der Waals surface area contributed by atoms with Crippen LogP contribution in [-0.2, 0) is 11.3 Å². The Morgan fingerprint density at radius 3 is 2.61 bits per heavy atom. The lowest BCUT2D eigenvalue weighted by Crippen LogP contribution is -2.29. The molecule has 0 aliphatic heterocycles. The van der Waals surface area contributed by atoms with Crippen LogP contribution in [0, 0.1) is 17.7 Å². The minimum absolute atomic E-state index is 0.263. The van der Waals surface area contributed by atoms with Crippen molar-refractivity contribution < 1.29 is 14.3 Å². The SMILES string of the molecule is CC(C)CC(CNCc1ccccc1F)C(=O)O. The Kier molecular flexibility index (Phi) is 5.78. The van der Waals surface area contributed by atoms with E-state index in [-0.39, 0.29) is 5.82 Å². The maximum atomic E-state index is 13.3. The first kappa shape index (κ1) is 14.6. The summed E-state index contributed by atoms with van der Waals surface area (Å²) in [4.78, 5) is 11.0. The predicted octanol–water partition coefficient (Wildman–Crippen LogP) is 2.66. The van der Waals surface area contributed by atoms with E-state index in [1.54, 1.807) is 18.2 Å². The summed E-state index contributed by atoms with van der Waals surface area (Å²) >= 11 is 0. The molecule has 0 heterocycles. The van der Waals surface area contributed by atoms with Crippen molar-refractivity contribution in [3.05, 3.63) is 35.6 Å². The number of hydrogen-bond acceptors (Lipinski definition) is 2. The monoisotopic (exact) mass is 253 g/mol. The molecule has 100 valence electrons. The molecule has 1 unspecified atom stereocenters. The van der Waals surface area contributed by atoms with Gasteiger partial charge in [0.2, 0.25) is 0 Å². The smallest absolute Gasteiger partial charge is 0.307 e. The lowest BCUT2D eigenvalue weighted by molar-refractivity contribution is -0.142. The van der Waals surface area contributed by atoms with Crippen molar-refractivity contribution >= 4 is 5.97 Å². The van der Waals surface area contributed by atoms with Crippen LogP contribution in [0.25, 0.3) is 0 Å². The van der Waals surface area contributed by atoms with E-state index < -0.39 is 11.9 Å². The highest BCUT2D eigenvalue weighted by atomic mass is 19.1. The molecule has 3 nitrogen and oxygen atoms in total. The maximum Gasteiger partial charge on any atom is 0.307 e. The first-order valence-corrected chi connectivity index (χ1v) is 6.17. The van der Waals surface area contributed by atoms with E-state index in [4.69, 9.17) is 5.11 Å². The van der Waals surface area contributed by atoms with Crippen LogP contribution < -0.4 is 5.32 Å². The molecule has 0 saturated heterocycles. The van der Waals surface area contributed by atoms with Crippen molar-refractivity contribution in [3.8, 4) is 0 Å². The van der Waals surface area contributed by atoms with Crippen LogP contribution in [-0.4, -0.2) is 17.6 Å². The van der Waals surface area contributed by atoms with Gasteiger partial charge in [-0.15, -0.1) is 0 Å². The molecular weight excluding hydrogens is 233 g/mol. The molecule has 0 amide bonds. The number of aliphatic carboxylic acids is 1. The van der Waals surface area contributed by atoms with Gasteiger partial charge in [-0.1, -0.05) is 32.0 Å². The van der Waals surface area contributed by atoms with Gasteiger partial charge in [-0.2, -0.15) is 0 Å². The highest BCUT2D eigenvalue weighted by Crippen LogP contribution is 2.12. The summed E-state index contributed by atoms with van der Waals surface area (Å²) in [6, 6.07) is 6.50. The zero-order valence-corrected chi connectivity index (χ0v) is 10.8. The predicted molar refractivity (Wildman–Crippen MR) is 68.7 cm³/mol. The van der Waals surface area contributed by atoms with E-state index >= 15 is 0 Å². The minimum Gasteiger partial charge on any atom is -0.481 e. The van der Waals surface area contributed by atoms with E-state index in [0.29, 0.717) is 31.0 Å². The summed E-state index contributed by atoms with van der Waals surface area (Å²) in [6.45, 7) is 4.70. The molecule has 0 saturated carbocycles. The fourth-order valence-corrected chi connectivity index (χ4v) is 1.86. The number of hydrogen-bond donors (Lipinski definition) is 2. The fourth-order valence-electron chi connectivity index (χ4n) is 1.86. The Morgan fingerprint density at radius 2 is 2.06 bits per heavy atom. The van der Waals surface area contributed by atoms with Crippen molar-refractivity contribution in [2.75, 3.05) is 6.54 Å².